The van der Waals surface area contributed by atoms with Crippen LogP contribution in [0.4, 0.5) is 0 Å². The Morgan fingerprint density at radius 3 is 1.31 bits per heavy atom. The first kappa shape index (κ1) is 17.9. The van der Waals surface area contributed by atoms with Crippen LogP contribution in [0.15, 0.2) is 0 Å². The van der Waals surface area contributed by atoms with E-state index in [4.69, 9.17) is 0 Å². The minimum Gasteiger partial charge on any atom is -0.286 e. The number of hydrogen-bond donors (Lipinski definition) is 0. The van der Waals surface area contributed by atoms with Gasteiger partial charge in [-0.05, 0) is 52.4 Å². The summed E-state index contributed by atoms with van der Waals surface area (Å²) in [5.41, 5.74) is 0. The molecule has 3 aliphatic heterocycles. The molecule has 0 aromatic carbocycles. The topological polar surface area (TPSA) is 13.0 Å². The van der Waals surface area contributed by atoms with Crippen molar-refractivity contribution < 1.29 is 0 Å². The van der Waals surface area contributed by atoms with E-state index in [1.54, 1.807) is 0 Å². The third-order valence-electron chi connectivity index (χ3n) is 8.67. The molecule has 5 aliphatic rings. The molecule has 4 unspecified atom stereocenters. The second-order valence-electron chi connectivity index (χ2n) is 10.0. The van der Waals surface area contributed by atoms with Crippen LogP contribution in [-0.4, -0.2) is 82.3 Å². The molecule has 3 saturated heterocycles. The van der Waals surface area contributed by atoms with Crippen LogP contribution in [-0.2, 0) is 0 Å². The Bertz CT molecular complexity index is 453. The highest BCUT2D eigenvalue weighted by atomic mass is 15.5. The molecule has 0 amide bonds. The average Bonchev–Trinajstić information content (AvgIpc) is 3.23. The van der Waals surface area contributed by atoms with Crippen LogP contribution in [0.5, 0.6) is 0 Å². The van der Waals surface area contributed by atoms with Gasteiger partial charge in [0.2, 0.25) is 0 Å². The van der Waals surface area contributed by atoms with Gasteiger partial charge < -0.3 is 0 Å². The van der Waals surface area contributed by atoms with Gasteiger partial charge >= 0.3 is 0 Å². The van der Waals surface area contributed by atoms with Gasteiger partial charge in [-0.25, -0.2) is 0 Å². The maximum Gasteiger partial charge on any atom is 0.0515 e. The van der Waals surface area contributed by atoms with Crippen LogP contribution in [0.1, 0.15) is 78.1 Å². The normalized spacial score (nSPS) is 54.7. The van der Waals surface area contributed by atoms with Crippen molar-refractivity contribution in [3.63, 3.8) is 0 Å². The van der Waals surface area contributed by atoms with Crippen molar-refractivity contribution in [2.24, 2.45) is 0 Å². The molecular weight excluding hydrogens is 320 g/mol. The Morgan fingerprint density at radius 1 is 0.500 bits per heavy atom. The van der Waals surface area contributed by atoms with Gasteiger partial charge in [-0.1, -0.05) is 25.7 Å². The van der Waals surface area contributed by atoms with Crippen molar-refractivity contribution in [1.82, 2.24) is 19.6 Å². The van der Waals surface area contributed by atoms with Crippen LogP contribution in [0, 0.1) is 0 Å². The number of rotatable bonds is 0. The summed E-state index contributed by atoms with van der Waals surface area (Å²) in [5, 5.41) is 0. The quantitative estimate of drug-likeness (QED) is 0.657. The molecular formula is C22H40N4. The zero-order valence-corrected chi connectivity index (χ0v) is 17.2. The molecule has 5 rings (SSSR count). The Labute approximate surface area is 160 Å². The summed E-state index contributed by atoms with van der Waals surface area (Å²) in [7, 11) is 0. The lowest BCUT2D eigenvalue weighted by atomic mass is 9.88. The Morgan fingerprint density at radius 2 is 0.885 bits per heavy atom. The third-order valence-corrected chi connectivity index (χ3v) is 8.67. The lowest BCUT2D eigenvalue weighted by Gasteiger charge is -2.37. The Kier molecular flexibility index (Phi) is 5.06. The van der Waals surface area contributed by atoms with Gasteiger partial charge in [0.25, 0.3) is 0 Å². The van der Waals surface area contributed by atoms with Crippen molar-refractivity contribution in [3.05, 3.63) is 0 Å². The fourth-order valence-electron chi connectivity index (χ4n) is 7.09. The predicted octanol–water partition coefficient (Wildman–Crippen LogP) is 3.33. The van der Waals surface area contributed by atoms with E-state index in [2.05, 4.69) is 33.4 Å². The third kappa shape index (κ3) is 3.05. The summed E-state index contributed by atoms with van der Waals surface area (Å²) < 4.78 is 0. The highest BCUT2D eigenvalue weighted by Crippen LogP contribution is 2.38. The zero-order chi connectivity index (χ0) is 17.7. The molecule has 0 radical (unpaired) electrons. The van der Waals surface area contributed by atoms with E-state index in [1.807, 2.05) is 0 Å². The van der Waals surface area contributed by atoms with Crippen LogP contribution in [0.2, 0.25) is 0 Å². The lowest BCUT2D eigenvalue weighted by molar-refractivity contribution is 0.114. The standard InChI is InChI=1S/C22H40N4/c1-17-11-13-23-16-26(22-10-6-4-8-20(22)23)18(2)12-14-24-15-25(17)21-9-5-3-7-19(21)24/h17-22H,3-16H2,1-2H3/t17-,18+,19-,20+,21-,22+. The SMILES string of the molecule is C[C@@H]1CCN2CN([C@@H](C)CCN3CN1[C@@H]1CCCC[C@H]13)[C@H]1CCCC[C@@H]12. The molecule has 26 heavy (non-hydrogen) atoms. The molecule has 0 aromatic heterocycles. The summed E-state index contributed by atoms with van der Waals surface area (Å²) >= 11 is 0. The Balaban J connectivity index is 1.38. The van der Waals surface area contributed by atoms with Gasteiger partial charge in [0.1, 0.15) is 0 Å². The van der Waals surface area contributed by atoms with Gasteiger partial charge in [0, 0.05) is 49.3 Å². The molecule has 0 N–H and O–H groups in total. The molecule has 2 saturated carbocycles. The fourth-order valence-corrected chi connectivity index (χ4v) is 7.09. The van der Waals surface area contributed by atoms with Crippen molar-refractivity contribution in [3.8, 4) is 0 Å². The van der Waals surface area contributed by atoms with Gasteiger partial charge in [-0.3, -0.25) is 19.6 Å². The molecule has 0 aromatic rings. The Hall–Kier alpha value is -0.160. The lowest BCUT2D eigenvalue weighted by Crippen LogP contribution is -2.46. The summed E-state index contributed by atoms with van der Waals surface area (Å²) in [5.74, 6) is 0. The average molecular weight is 361 g/mol. The zero-order valence-electron chi connectivity index (χ0n) is 17.2. The molecule has 2 aliphatic carbocycles. The van der Waals surface area contributed by atoms with Gasteiger partial charge in [0.15, 0.2) is 0 Å². The smallest absolute Gasteiger partial charge is 0.0515 e. The van der Waals surface area contributed by atoms with E-state index in [1.165, 1.54) is 90.6 Å². The van der Waals surface area contributed by atoms with Crippen LogP contribution >= 0.6 is 0 Å². The maximum atomic E-state index is 2.91. The van der Waals surface area contributed by atoms with Gasteiger partial charge in [-0.15, -0.1) is 0 Å². The summed E-state index contributed by atoms with van der Waals surface area (Å²) in [6, 6.07) is 4.91. The van der Waals surface area contributed by atoms with Crippen molar-refractivity contribution in [1.29, 1.82) is 0 Å². The second-order valence-corrected chi connectivity index (χ2v) is 10.0. The predicted molar refractivity (Wildman–Crippen MR) is 107 cm³/mol. The second kappa shape index (κ2) is 7.35. The minimum atomic E-state index is 0.749. The first-order valence-corrected chi connectivity index (χ1v) is 11.7. The molecule has 4 bridgehead atoms. The highest BCUT2D eigenvalue weighted by Gasteiger charge is 2.46. The summed E-state index contributed by atoms with van der Waals surface area (Å²) in [6.07, 6.45) is 14.3. The number of hydrogen-bond acceptors (Lipinski definition) is 4. The molecule has 4 nitrogen and oxygen atoms in total. The molecule has 148 valence electrons. The highest BCUT2D eigenvalue weighted by molar-refractivity contribution is 5.00. The minimum absolute atomic E-state index is 0.749. The molecule has 4 heteroatoms. The van der Waals surface area contributed by atoms with Crippen molar-refractivity contribution in [2.75, 3.05) is 26.4 Å². The van der Waals surface area contributed by atoms with E-state index in [0.29, 0.717) is 0 Å². The number of fused-ring (bicyclic) bond motifs is 10. The summed E-state index contributed by atoms with van der Waals surface area (Å²) in [4.78, 5) is 11.6. The van der Waals surface area contributed by atoms with Crippen molar-refractivity contribution >= 4 is 0 Å². The van der Waals surface area contributed by atoms with E-state index in [9.17, 15) is 0 Å². The van der Waals surface area contributed by atoms with Crippen LogP contribution in [0.25, 0.3) is 0 Å². The van der Waals surface area contributed by atoms with Gasteiger partial charge in [-0.2, -0.15) is 0 Å². The van der Waals surface area contributed by atoms with E-state index in [0.717, 1.165) is 36.3 Å². The summed E-state index contributed by atoms with van der Waals surface area (Å²) in [6.45, 7) is 10.2. The fraction of sp³-hybridized carbons (Fsp3) is 1.00. The molecule has 10 atom stereocenters. The number of nitrogens with zero attached hydrogens (tertiary/aromatic N) is 4. The van der Waals surface area contributed by atoms with E-state index in [-0.39, 0.29) is 0 Å². The van der Waals surface area contributed by atoms with Crippen LogP contribution < -0.4 is 0 Å². The first-order chi connectivity index (χ1) is 12.7. The van der Waals surface area contributed by atoms with Crippen molar-refractivity contribution in [2.45, 2.75) is 114 Å². The molecule has 3 heterocycles. The monoisotopic (exact) mass is 360 g/mol. The van der Waals surface area contributed by atoms with Gasteiger partial charge in [0.05, 0.1) is 13.3 Å². The van der Waals surface area contributed by atoms with E-state index < -0.39 is 0 Å². The molecule has 5 fully saturated rings. The molecule has 0 spiro atoms. The largest absolute Gasteiger partial charge is 0.286 e. The van der Waals surface area contributed by atoms with Crippen LogP contribution in [0.3, 0.4) is 0 Å². The maximum absolute atomic E-state index is 2.91. The van der Waals surface area contributed by atoms with E-state index >= 15 is 0 Å². The first-order valence-electron chi connectivity index (χ1n) is 11.7.